The third-order valence-corrected chi connectivity index (χ3v) is 2.93. The van der Waals surface area contributed by atoms with Crippen LogP contribution in [0.25, 0.3) is 11.2 Å². The second-order valence-corrected chi connectivity index (χ2v) is 4.25. The molecule has 0 atom stereocenters. The van der Waals surface area contributed by atoms with E-state index in [0.29, 0.717) is 23.5 Å². The first-order chi connectivity index (χ1) is 7.56. The topological polar surface area (TPSA) is 72.7 Å². The van der Waals surface area contributed by atoms with Crippen molar-refractivity contribution in [3.05, 3.63) is 26.7 Å². The Morgan fingerprint density at radius 1 is 1.44 bits per heavy atom. The number of halogens is 1. The van der Waals surface area contributed by atoms with Crippen LogP contribution in [0.3, 0.4) is 0 Å². The first-order valence-corrected chi connectivity index (χ1v) is 5.65. The average molecular weight is 287 g/mol. The summed E-state index contributed by atoms with van der Waals surface area (Å²) in [6.45, 7) is 4.05. The number of hydrogen-bond donors (Lipinski definition) is 1. The number of nitrogens with zero attached hydrogens (tertiary/aromatic N) is 3. The summed E-state index contributed by atoms with van der Waals surface area (Å²) in [5.41, 5.74) is -0.0359. The first kappa shape index (κ1) is 11.1. The van der Waals surface area contributed by atoms with Gasteiger partial charge in [0.05, 0.1) is 16.1 Å². The molecule has 0 bridgehead atoms. The number of aromatic amines is 1. The van der Waals surface area contributed by atoms with Gasteiger partial charge >= 0.3 is 5.69 Å². The molecule has 16 heavy (non-hydrogen) atoms. The van der Waals surface area contributed by atoms with Crippen LogP contribution in [0.15, 0.2) is 9.59 Å². The Balaban J connectivity index is 2.94. The van der Waals surface area contributed by atoms with Crippen molar-refractivity contribution in [2.45, 2.75) is 26.8 Å². The van der Waals surface area contributed by atoms with Gasteiger partial charge in [0.15, 0.2) is 11.2 Å². The van der Waals surface area contributed by atoms with Gasteiger partial charge in [0.25, 0.3) is 5.56 Å². The van der Waals surface area contributed by atoms with E-state index >= 15 is 0 Å². The normalized spacial score (nSPS) is 11.2. The number of hydrogen-bond acceptors (Lipinski definition) is 3. The molecule has 0 unspecified atom stereocenters. The maximum absolute atomic E-state index is 12.0. The van der Waals surface area contributed by atoms with Crippen LogP contribution in [0.2, 0.25) is 0 Å². The summed E-state index contributed by atoms with van der Waals surface area (Å²) >= 11 is 3.11. The smallest absolute Gasteiger partial charge is 0.336 e. The number of H-pyrrole nitrogens is 1. The zero-order chi connectivity index (χ0) is 11.9. The Labute approximate surface area is 99.3 Å². The number of aromatic nitrogens is 4. The van der Waals surface area contributed by atoms with Gasteiger partial charge in [0, 0.05) is 6.54 Å². The lowest BCUT2D eigenvalue weighted by atomic mass is 10.4. The molecule has 0 aliphatic heterocycles. The fourth-order valence-corrected chi connectivity index (χ4v) is 2.06. The summed E-state index contributed by atoms with van der Waals surface area (Å²) in [5, 5.41) is 0. The van der Waals surface area contributed by atoms with Crippen molar-refractivity contribution in [2.75, 3.05) is 0 Å². The van der Waals surface area contributed by atoms with Crippen LogP contribution < -0.4 is 11.2 Å². The lowest BCUT2D eigenvalue weighted by Crippen LogP contribution is -2.37. The van der Waals surface area contributed by atoms with Crippen LogP contribution in [-0.2, 0) is 6.54 Å². The molecule has 1 N–H and O–H groups in total. The van der Waals surface area contributed by atoms with E-state index in [1.807, 2.05) is 6.92 Å². The molecule has 2 rings (SSSR count). The highest BCUT2D eigenvalue weighted by Gasteiger charge is 2.14. The van der Waals surface area contributed by atoms with Crippen molar-refractivity contribution in [3.8, 4) is 0 Å². The van der Waals surface area contributed by atoms with E-state index in [1.165, 1.54) is 8.16 Å². The maximum atomic E-state index is 12.0. The third kappa shape index (κ3) is 1.51. The molecule has 0 saturated heterocycles. The standard InChI is InChI=1S/C9H11BrN4O2/c1-3-4-13-8(15)6-7(12-5(2)11-6)14(10)9(13)16/h3-4H2,1-2H3,(H,11,12). The SMILES string of the molecule is CCCn1c(=O)c2[nH]c(C)nc2n(Br)c1=O. The molecule has 0 radical (unpaired) electrons. The second-order valence-electron chi connectivity index (χ2n) is 3.54. The van der Waals surface area contributed by atoms with E-state index in [0.717, 1.165) is 6.42 Å². The van der Waals surface area contributed by atoms with Gasteiger partial charge in [-0.3, -0.25) is 9.36 Å². The molecular weight excluding hydrogens is 276 g/mol. The van der Waals surface area contributed by atoms with Gasteiger partial charge in [-0.2, -0.15) is 0 Å². The monoisotopic (exact) mass is 286 g/mol. The molecule has 0 aromatic carbocycles. The predicted octanol–water partition coefficient (Wildman–Crippen LogP) is 0.763. The summed E-state index contributed by atoms with van der Waals surface area (Å²) < 4.78 is 2.40. The first-order valence-electron chi connectivity index (χ1n) is 4.94. The number of aryl methyl sites for hydroxylation is 1. The van der Waals surface area contributed by atoms with Crippen molar-refractivity contribution < 1.29 is 0 Å². The zero-order valence-corrected chi connectivity index (χ0v) is 10.5. The molecule has 6 nitrogen and oxygen atoms in total. The van der Waals surface area contributed by atoms with Gasteiger partial charge < -0.3 is 4.98 Å². The number of nitrogens with one attached hydrogen (secondary N) is 1. The highest BCUT2D eigenvalue weighted by molar-refractivity contribution is 9.08. The summed E-state index contributed by atoms with van der Waals surface area (Å²) in [6, 6.07) is 0. The van der Waals surface area contributed by atoms with Crippen molar-refractivity contribution in [3.63, 3.8) is 0 Å². The molecule has 0 aliphatic rings. The molecule has 0 spiro atoms. The van der Waals surface area contributed by atoms with Crippen LogP contribution in [0.5, 0.6) is 0 Å². The van der Waals surface area contributed by atoms with Crippen molar-refractivity contribution in [2.24, 2.45) is 0 Å². The Hall–Kier alpha value is -1.37. The van der Waals surface area contributed by atoms with E-state index < -0.39 is 5.69 Å². The van der Waals surface area contributed by atoms with E-state index in [-0.39, 0.29) is 5.56 Å². The van der Waals surface area contributed by atoms with Gasteiger partial charge in [-0.25, -0.2) is 13.4 Å². The van der Waals surface area contributed by atoms with Gasteiger partial charge in [-0.05, 0) is 13.3 Å². The molecule has 0 fully saturated rings. The predicted molar refractivity (Wildman–Crippen MR) is 64.0 cm³/mol. The minimum Gasteiger partial charge on any atom is -0.336 e. The molecule has 2 aromatic rings. The van der Waals surface area contributed by atoms with Crippen LogP contribution in [0.1, 0.15) is 19.2 Å². The molecule has 2 heterocycles. The lowest BCUT2D eigenvalue weighted by Gasteiger charge is -2.04. The Kier molecular flexibility index (Phi) is 2.71. The second kappa shape index (κ2) is 3.89. The van der Waals surface area contributed by atoms with Crippen LogP contribution in [0.4, 0.5) is 0 Å². The van der Waals surface area contributed by atoms with Gasteiger partial charge in [-0.1, -0.05) is 6.92 Å². The Bertz CT molecular complexity index is 652. The molecule has 0 saturated carbocycles. The van der Waals surface area contributed by atoms with Crippen LogP contribution in [0, 0.1) is 6.92 Å². The van der Waals surface area contributed by atoms with E-state index in [9.17, 15) is 9.59 Å². The zero-order valence-electron chi connectivity index (χ0n) is 8.95. The van der Waals surface area contributed by atoms with Crippen LogP contribution in [-0.4, -0.2) is 18.1 Å². The highest BCUT2D eigenvalue weighted by Crippen LogP contribution is 2.06. The molecule has 0 amide bonds. The Morgan fingerprint density at radius 2 is 2.12 bits per heavy atom. The summed E-state index contributed by atoms with van der Waals surface area (Å²) in [5.74, 6) is 0.606. The molecule has 7 heteroatoms. The lowest BCUT2D eigenvalue weighted by molar-refractivity contribution is 0.618. The summed E-state index contributed by atoms with van der Waals surface area (Å²) in [7, 11) is 0. The van der Waals surface area contributed by atoms with Gasteiger partial charge in [0.1, 0.15) is 5.82 Å². The highest BCUT2D eigenvalue weighted by atomic mass is 79.9. The number of rotatable bonds is 2. The van der Waals surface area contributed by atoms with Crippen molar-refractivity contribution in [1.29, 1.82) is 0 Å². The van der Waals surface area contributed by atoms with E-state index in [2.05, 4.69) is 26.1 Å². The minimum atomic E-state index is -0.397. The molecule has 86 valence electrons. The van der Waals surface area contributed by atoms with Gasteiger partial charge in [-0.15, -0.1) is 0 Å². The molecule has 2 aromatic heterocycles. The van der Waals surface area contributed by atoms with Crippen molar-refractivity contribution in [1.82, 2.24) is 18.1 Å². The maximum Gasteiger partial charge on any atom is 0.343 e. The van der Waals surface area contributed by atoms with Gasteiger partial charge in [0.2, 0.25) is 0 Å². The average Bonchev–Trinajstić information content (AvgIpc) is 2.64. The van der Waals surface area contributed by atoms with E-state index in [4.69, 9.17) is 0 Å². The van der Waals surface area contributed by atoms with Crippen molar-refractivity contribution >= 4 is 27.3 Å². The van der Waals surface area contributed by atoms with E-state index in [1.54, 1.807) is 6.92 Å². The fourth-order valence-electron chi connectivity index (χ4n) is 1.61. The third-order valence-electron chi connectivity index (χ3n) is 2.29. The summed E-state index contributed by atoms with van der Waals surface area (Å²) in [4.78, 5) is 30.7. The summed E-state index contributed by atoms with van der Waals surface area (Å²) in [6.07, 6.45) is 0.723. The van der Waals surface area contributed by atoms with Crippen LogP contribution >= 0.6 is 16.1 Å². The quantitative estimate of drug-likeness (QED) is 0.886. The Morgan fingerprint density at radius 3 is 2.75 bits per heavy atom. The largest absolute Gasteiger partial charge is 0.343 e. The molecule has 0 aliphatic carbocycles. The number of imidazole rings is 1. The minimum absolute atomic E-state index is 0.321. The molecular formula is C9H11BrN4O2. The fraction of sp³-hybridized carbons (Fsp3) is 0.444. The number of fused-ring (bicyclic) bond motifs is 1.